The number of nitrogens with one attached hydrogen (secondary N) is 1. The van der Waals surface area contributed by atoms with Crippen LogP contribution in [0.3, 0.4) is 0 Å². The van der Waals surface area contributed by atoms with Crippen LogP contribution in [0.1, 0.15) is 10.4 Å². The van der Waals surface area contributed by atoms with Crippen molar-refractivity contribution in [3.8, 4) is 27.7 Å². The molecule has 0 unspecified atom stereocenters. The van der Waals surface area contributed by atoms with Crippen molar-refractivity contribution in [3.63, 3.8) is 0 Å². The molecule has 7 nitrogen and oxygen atoms in total. The Morgan fingerprint density at radius 1 is 1.17 bits per heavy atom. The Hall–Kier alpha value is -3.75. The number of nitrogens with zero attached hydrogens (tertiary/aromatic N) is 3. The molecule has 2 aromatic carbocycles. The lowest BCUT2D eigenvalue weighted by Crippen LogP contribution is -2.43. The molecule has 1 aliphatic heterocycles. The number of carbonyl (C=O) groups is 2. The third-order valence-corrected chi connectivity index (χ3v) is 7.10. The molecule has 0 aliphatic carbocycles. The Balaban J connectivity index is 1.44. The first-order valence-electron chi connectivity index (χ1n) is 10.9. The number of aromatic nitrogens is 2. The lowest BCUT2D eigenvalue weighted by atomic mass is 10.1. The maximum absolute atomic E-state index is 12.9. The summed E-state index contributed by atoms with van der Waals surface area (Å²) in [4.78, 5) is 37.3. The maximum Gasteiger partial charge on any atom is 0.265 e. The van der Waals surface area contributed by atoms with Crippen molar-refractivity contribution >= 4 is 46.1 Å². The normalized spacial score (nSPS) is 12.8. The summed E-state index contributed by atoms with van der Waals surface area (Å²) in [6, 6.07) is 16.6. The molecule has 0 spiro atoms. The van der Waals surface area contributed by atoms with Gasteiger partial charge >= 0.3 is 0 Å². The smallest absolute Gasteiger partial charge is 0.265 e. The zero-order valence-electron chi connectivity index (χ0n) is 19.0. The van der Waals surface area contributed by atoms with Crippen molar-refractivity contribution in [3.05, 3.63) is 76.3 Å². The first-order chi connectivity index (χ1) is 16.9. The van der Waals surface area contributed by atoms with Crippen molar-refractivity contribution < 1.29 is 14.3 Å². The Morgan fingerprint density at radius 2 is 2.03 bits per heavy atom. The van der Waals surface area contributed by atoms with Crippen LogP contribution in [-0.2, 0) is 9.59 Å². The highest BCUT2D eigenvalue weighted by atomic mass is 35.5. The quantitative estimate of drug-likeness (QED) is 0.387. The van der Waals surface area contributed by atoms with Gasteiger partial charge in [-0.05, 0) is 61.9 Å². The van der Waals surface area contributed by atoms with E-state index in [4.69, 9.17) is 21.3 Å². The van der Waals surface area contributed by atoms with E-state index in [-0.39, 0.29) is 25.0 Å². The molecule has 5 rings (SSSR count). The molecule has 0 saturated heterocycles. The van der Waals surface area contributed by atoms with Crippen LogP contribution in [0.15, 0.2) is 60.8 Å². The van der Waals surface area contributed by atoms with E-state index in [0.29, 0.717) is 22.1 Å². The molecule has 0 fully saturated rings. The highest BCUT2D eigenvalue weighted by Gasteiger charge is 2.28. The van der Waals surface area contributed by atoms with E-state index in [1.165, 1.54) is 4.90 Å². The fraction of sp³-hybridized carbons (Fsp3) is 0.154. The number of thiazole rings is 1. The molecule has 0 atom stereocenters. The summed E-state index contributed by atoms with van der Waals surface area (Å²) in [5.41, 5.74) is 4.34. The fourth-order valence-corrected chi connectivity index (χ4v) is 4.95. The number of hydrogen-bond acceptors (Lipinski definition) is 6. The van der Waals surface area contributed by atoms with Gasteiger partial charge in [0.1, 0.15) is 17.3 Å². The molecule has 0 saturated carbocycles. The molecule has 9 heteroatoms. The molecule has 1 aliphatic rings. The van der Waals surface area contributed by atoms with Crippen molar-refractivity contribution in [1.82, 2.24) is 9.97 Å². The van der Waals surface area contributed by atoms with Gasteiger partial charge in [-0.1, -0.05) is 23.7 Å². The van der Waals surface area contributed by atoms with Crippen molar-refractivity contribution in [2.45, 2.75) is 13.8 Å². The zero-order chi connectivity index (χ0) is 24.5. The van der Waals surface area contributed by atoms with Crippen molar-refractivity contribution in [2.24, 2.45) is 0 Å². The fourth-order valence-electron chi connectivity index (χ4n) is 3.86. The summed E-state index contributed by atoms with van der Waals surface area (Å²) in [5.74, 6) is -0.0843. The minimum absolute atomic E-state index is 0.130. The molecular weight excluding hydrogens is 484 g/mol. The summed E-state index contributed by atoms with van der Waals surface area (Å²) in [7, 11) is 0. The molecule has 3 heterocycles. The van der Waals surface area contributed by atoms with Gasteiger partial charge < -0.3 is 10.1 Å². The lowest BCUT2D eigenvalue weighted by Gasteiger charge is -2.29. The van der Waals surface area contributed by atoms with Crippen LogP contribution in [-0.4, -0.2) is 34.9 Å². The van der Waals surface area contributed by atoms with Crippen LogP contribution < -0.4 is 15.0 Å². The van der Waals surface area contributed by atoms with Gasteiger partial charge in [0.25, 0.3) is 5.91 Å². The molecular formula is C26H21ClN4O3S. The average Bonchev–Trinajstić information content (AvgIpc) is 3.25. The standard InChI is InChI=1S/C26H21ClN4O3S/c1-15-18(27)6-5-8-19(15)29-23(32)13-31-21-12-17(9-10-22(21)34-14-24(31)33)25-16(2)35-26(30-25)20-7-3-4-11-28-20/h3-12H,13-14H2,1-2H3,(H,29,32). The van der Waals surface area contributed by atoms with Gasteiger partial charge in [-0.3, -0.25) is 19.5 Å². The van der Waals surface area contributed by atoms with Gasteiger partial charge in [0.2, 0.25) is 5.91 Å². The molecule has 176 valence electrons. The number of anilines is 2. The number of rotatable bonds is 5. The third-order valence-electron chi connectivity index (χ3n) is 5.70. The monoisotopic (exact) mass is 504 g/mol. The Labute approximate surface area is 211 Å². The van der Waals surface area contributed by atoms with Crippen LogP contribution >= 0.6 is 22.9 Å². The minimum atomic E-state index is -0.329. The summed E-state index contributed by atoms with van der Waals surface area (Å²) >= 11 is 7.72. The number of pyridine rings is 1. The van der Waals surface area contributed by atoms with Crippen molar-refractivity contribution in [2.75, 3.05) is 23.4 Å². The van der Waals surface area contributed by atoms with Crippen LogP contribution in [0.5, 0.6) is 5.75 Å². The number of aryl methyl sites for hydroxylation is 1. The summed E-state index contributed by atoms with van der Waals surface area (Å²) in [5, 5.41) is 4.23. The van der Waals surface area contributed by atoms with E-state index in [9.17, 15) is 9.59 Å². The van der Waals surface area contributed by atoms with Gasteiger partial charge in [-0.15, -0.1) is 11.3 Å². The van der Waals surface area contributed by atoms with Crippen LogP contribution in [0.25, 0.3) is 22.0 Å². The summed E-state index contributed by atoms with van der Waals surface area (Å²) < 4.78 is 5.63. The number of benzene rings is 2. The predicted molar refractivity (Wildman–Crippen MR) is 138 cm³/mol. The SMILES string of the molecule is Cc1sc(-c2ccccn2)nc1-c1ccc2c(c1)N(CC(=O)Nc1cccc(Cl)c1C)C(=O)CO2. The van der Waals surface area contributed by atoms with Gasteiger partial charge in [-0.2, -0.15) is 0 Å². The number of halogens is 1. The van der Waals surface area contributed by atoms with Gasteiger partial charge in [0.05, 0.1) is 17.1 Å². The Bertz CT molecular complexity index is 1440. The van der Waals surface area contributed by atoms with E-state index in [2.05, 4.69) is 10.3 Å². The number of fused-ring (bicyclic) bond motifs is 1. The highest BCUT2D eigenvalue weighted by molar-refractivity contribution is 7.15. The highest BCUT2D eigenvalue weighted by Crippen LogP contribution is 2.39. The van der Waals surface area contributed by atoms with Crippen molar-refractivity contribution in [1.29, 1.82) is 0 Å². The number of hydrogen-bond donors (Lipinski definition) is 1. The molecule has 35 heavy (non-hydrogen) atoms. The van der Waals surface area contributed by atoms with Crippen LogP contribution in [0, 0.1) is 13.8 Å². The largest absolute Gasteiger partial charge is 0.482 e. The van der Waals surface area contributed by atoms with E-state index in [1.54, 1.807) is 35.7 Å². The molecule has 2 amide bonds. The van der Waals surface area contributed by atoms with Gasteiger partial charge in [0, 0.05) is 27.3 Å². The van der Waals surface area contributed by atoms with Gasteiger partial charge in [-0.25, -0.2) is 4.98 Å². The molecule has 0 bridgehead atoms. The summed E-state index contributed by atoms with van der Waals surface area (Å²) in [6.07, 6.45) is 1.74. The first kappa shape index (κ1) is 23.0. The van der Waals surface area contributed by atoms with Crippen LogP contribution in [0.4, 0.5) is 11.4 Å². The second-order valence-corrected chi connectivity index (χ2v) is 9.66. The van der Waals surface area contributed by atoms with E-state index < -0.39 is 0 Å². The average molecular weight is 505 g/mol. The molecule has 2 aromatic heterocycles. The van der Waals surface area contributed by atoms with Crippen LogP contribution in [0.2, 0.25) is 5.02 Å². The van der Waals surface area contributed by atoms with E-state index in [1.807, 2.05) is 50.2 Å². The lowest BCUT2D eigenvalue weighted by molar-refractivity contribution is -0.123. The molecule has 0 radical (unpaired) electrons. The Kier molecular flexibility index (Phi) is 6.23. The second kappa shape index (κ2) is 9.48. The predicted octanol–water partition coefficient (Wildman–Crippen LogP) is 5.51. The zero-order valence-corrected chi connectivity index (χ0v) is 20.6. The molecule has 4 aromatic rings. The summed E-state index contributed by atoms with van der Waals surface area (Å²) in [6.45, 7) is 3.54. The first-order valence-corrected chi connectivity index (χ1v) is 12.1. The number of ether oxygens (including phenoxy) is 1. The van der Waals surface area contributed by atoms with E-state index >= 15 is 0 Å². The third kappa shape index (κ3) is 4.62. The topological polar surface area (TPSA) is 84.4 Å². The number of amides is 2. The number of carbonyl (C=O) groups excluding carboxylic acids is 2. The van der Waals surface area contributed by atoms with Gasteiger partial charge in [0.15, 0.2) is 6.61 Å². The van der Waals surface area contributed by atoms with E-state index in [0.717, 1.165) is 32.4 Å². The minimum Gasteiger partial charge on any atom is -0.482 e. The Morgan fingerprint density at radius 3 is 2.83 bits per heavy atom. The molecule has 1 N–H and O–H groups in total. The maximum atomic E-state index is 12.9. The second-order valence-electron chi connectivity index (χ2n) is 8.05.